The summed E-state index contributed by atoms with van der Waals surface area (Å²) in [4.78, 5) is 11.7. The van der Waals surface area contributed by atoms with Crippen molar-refractivity contribution in [1.82, 2.24) is 5.43 Å². The number of carbonyl (C=O) groups excluding carboxylic acids is 1. The summed E-state index contributed by atoms with van der Waals surface area (Å²) >= 11 is 0. The third-order valence-electron chi connectivity index (χ3n) is 2.71. The molecule has 0 bridgehead atoms. The number of amides is 1. The van der Waals surface area contributed by atoms with Crippen LogP contribution in [0.4, 0.5) is 0 Å². The van der Waals surface area contributed by atoms with Gasteiger partial charge in [-0.25, -0.2) is 5.43 Å². The fourth-order valence-corrected chi connectivity index (χ4v) is 1.82. The second-order valence-electron chi connectivity index (χ2n) is 5.70. The first kappa shape index (κ1) is 21.0. The van der Waals surface area contributed by atoms with Gasteiger partial charge in [-0.15, -0.1) is 0 Å². The van der Waals surface area contributed by atoms with Crippen LogP contribution in [0.1, 0.15) is 5.56 Å². The van der Waals surface area contributed by atoms with E-state index in [2.05, 4.69) is 10.5 Å². The number of carbonyl (C=O) groups is 1. The molecule has 0 aliphatic carbocycles. The number of nitrogens with one attached hydrogen (secondary N) is 1. The Morgan fingerprint density at radius 3 is 2.04 bits per heavy atom. The van der Waals surface area contributed by atoms with Crippen molar-refractivity contribution in [3.05, 3.63) is 17.7 Å². The predicted octanol–water partition coefficient (Wildman–Crippen LogP) is -2.13. The first-order valence-electron chi connectivity index (χ1n) is 6.73. The third kappa shape index (κ3) is 6.75. The average Bonchev–Trinajstić information content (AvgIpc) is 2.44. The van der Waals surface area contributed by atoms with Crippen molar-refractivity contribution in [1.29, 1.82) is 0 Å². The fourth-order valence-electron chi connectivity index (χ4n) is 1.82. The number of hydrogen-bond donors (Lipinski definition) is 1. The molecule has 1 N–H and O–H groups in total. The van der Waals surface area contributed by atoms with Crippen molar-refractivity contribution in [2.45, 2.75) is 0 Å². The Kier molecular flexibility index (Phi) is 8.42. The van der Waals surface area contributed by atoms with Gasteiger partial charge in [-0.1, -0.05) is 0 Å². The summed E-state index contributed by atoms with van der Waals surface area (Å²) < 4.78 is 16.3. The van der Waals surface area contributed by atoms with E-state index in [1.165, 1.54) is 6.21 Å². The van der Waals surface area contributed by atoms with Crippen molar-refractivity contribution in [3.63, 3.8) is 0 Å². The average molecular weight is 346 g/mol. The van der Waals surface area contributed by atoms with Gasteiger partial charge in [0, 0.05) is 5.56 Å². The van der Waals surface area contributed by atoms with E-state index in [1.807, 2.05) is 21.1 Å². The highest BCUT2D eigenvalue weighted by Crippen LogP contribution is 2.37. The van der Waals surface area contributed by atoms with Crippen LogP contribution in [0.2, 0.25) is 0 Å². The Balaban J connectivity index is 0.00000484. The standard InChI is InChI=1S/C15H23N3O4.ClH/c1-18(2,3)10-14(19)17-16-9-11-7-12(20-4)15(22-6)13(8-11)21-5;/h7-9H,10H2,1-6H3;1H. The third-order valence-corrected chi connectivity index (χ3v) is 2.71. The fraction of sp³-hybridized carbons (Fsp3) is 0.467. The molecule has 8 heteroatoms. The molecule has 1 aromatic rings. The number of benzene rings is 1. The maximum absolute atomic E-state index is 11.7. The molecule has 0 saturated heterocycles. The second kappa shape index (κ2) is 9.22. The molecular weight excluding hydrogens is 322 g/mol. The summed E-state index contributed by atoms with van der Waals surface area (Å²) in [6.07, 6.45) is 1.53. The van der Waals surface area contributed by atoms with Crippen molar-refractivity contribution in [2.75, 3.05) is 49.0 Å². The van der Waals surface area contributed by atoms with E-state index in [9.17, 15) is 4.79 Å². The smallest absolute Gasteiger partial charge is 0.295 e. The number of hydrogen-bond acceptors (Lipinski definition) is 5. The van der Waals surface area contributed by atoms with Crippen molar-refractivity contribution < 1.29 is 35.9 Å². The lowest BCUT2D eigenvalue weighted by Crippen LogP contribution is -3.00. The minimum absolute atomic E-state index is 0. The SMILES string of the molecule is COc1cc(C=NNC(=O)C[N+](C)(C)C)cc(OC)c1OC.[Cl-]. The lowest BCUT2D eigenvalue weighted by atomic mass is 10.2. The summed E-state index contributed by atoms with van der Waals surface area (Å²) in [7, 11) is 10.4. The number of quaternary nitrogens is 1. The number of methoxy groups -OCH3 is 3. The number of rotatable bonds is 7. The van der Waals surface area contributed by atoms with Crippen LogP contribution in [-0.2, 0) is 4.79 Å². The van der Waals surface area contributed by atoms with Crippen LogP contribution in [-0.4, -0.2) is 65.6 Å². The summed E-state index contributed by atoms with van der Waals surface area (Å²) in [5, 5.41) is 3.95. The quantitative estimate of drug-likeness (QED) is 0.348. The van der Waals surface area contributed by atoms with Gasteiger partial charge >= 0.3 is 0 Å². The van der Waals surface area contributed by atoms with Crippen LogP contribution in [0, 0.1) is 0 Å². The van der Waals surface area contributed by atoms with E-state index in [1.54, 1.807) is 33.5 Å². The van der Waals surface area contributed by atoms with E-state index in [0.717, 1.165) is 5.56 Å². The zero-order chi connectivity index (χ0) is 16.8. The van der Waals surface area contributed by atoms with Gasteiger partial charge in [0.1, 0.15) is 0 Å². The first-order chi connectivity index (χ1) is 10.3. The van der Waals surface area contributed by atoms with Gasteiger partial charge < -0.3 is 31.1 Å². The Morgan fingerprint density at radius 1 is 1.13 bits per heavy atom. The van der Waals surface area contributed by atoms with Crippen molar-refractivity contribution >= 4 is 12.1 Å². The molecule has 0 heterocycles. The molecule has 0 unspecified atom stereocenters. The summed E-state index contributed by atoms with van der Waals surface area (Å²) in [5.74, 6) is 1.41. The Labute approximate surface area is 143 Å². The molecule has 0 spiro atoms. The number of halogens is 1. The predicted molar refractivity (Wildman–Crippen MR) is 84.7 cm³/mol. The van der Waals surface area contributed by atoms with Crippen LogP contribution < -0.4 is 32.0 Å². The Hall–Kier alpha value is -1.99. The summed E-state index contributed by atoms with van der Waals surface area (Å²) in [5.41, 5.74) is 3.22. The van der Waals surface area contributed by atoms with Crippen LogP contribution in [0.5, 0.6) is 17.2 Å². The van der Waals surface area contributed by atoms with E-state index in [4.69, 9.17) is 14.2 Å². The monoisotopic (exact) mass is 345 g/mol. The molecule has 0 aliphatic heterocycles. The van der Waals surface area contributed by atoms with Crippen LogP contribution >= 0.6 is 0 Å². The van der Waals surface area contributed by atoms with Gasteiger partial charge in [0.2, 0.25) is 5.75 Å². The summed E-state index contributed by atoms with van der Waals surface area (Å²) in [6, 6.07) is 3.49. The van der Waals surface area contributed by atoms with Gasteiger partial charge in [0.25, 0.3) is 5.91 Å². The lowest BCUT2D eigenvalue weighted by molar-refractivity contribution is -0.862. The number of hydrazone groups is 1. The van der Waals surface area contributed by atoms with Gasteiger partial charge in [0.15, 0.2) is 18.0 Å². The zero-order valence-corrected chi connectivity index (χ0v) is 15.1. The molecule has 0 aromatic heterocycles. The number of likely N-dealkylation sites (N-methyl/N-ethyl adjacent to an activating group) is 1. The molecule has 0 radical (unpaired) electrons. The first-order valence-corrected chi connectivity index (χ1v) is 6.73. The molecule has 1 aromatic carbocycles. The Morgan fingerprint density at radius 2 is 1.65 bits per heavy atom. The van der Waals surface area contributed by atoms with E-state index in [0.29, 0.717) is 28.3 Å². The Bertz CT molecular complexity index is 531. The van der Waals surface area contributed by atoms with Crippen LogP contribution in [0.3, 0.4) is 0 Å². The molecular formula is C15H24ClN3O4. The molecule has 0 aliphatic rings. The van der Waals surface area contributed by atoms with E-state index >= 15 is 0 Å². The van der Waals surface area contributed by atoms with E-state index < -0.39 is 0 Å². The van der Waals surface area contributed by atoms with E-state index in [-0.39, 0.29) is 18.3 Å². The van der Waals surface area contributed by atoms with Crippen LogP contribution in [0.25, 0.3) is 0 Å². The van der Waals surface area contributed by atoms with Gasteiger partial charge in [-0.3, -0.25) is 4.79 Å². The topological polar surface area (TPSA) is 69.2 Å². The molecule has 0 saturated carbocycles. The number of ether oxygens (including phenoxy) is 3. The maximum atomic E-state index is 11.7. The molecule has 23 heavy (non-hydrogen) atoms. The van der Waals surface area contributed by atoms with Crippen molar-refractivity contribution in [3.8, 4) is 17.2 Å². The zero-order valence-electron chi connectivity index (χ0n) is 14.3. The molecule has 7 nitrogen and oxygen atoms in total. The number of nitrogens with zero attached hydrogens (tertiary/aromatic N) is 2. The summed E-state index contributed by atoms with van der Waals surface area (Å²) in [6.45, 7) is 0.340. The molecule has 130 valence electrons. The van der Waals surface area contributed by atoms with Gasteiger partial charge in [-0.05, 0) is 12.1 Å². The normalized spacial score (nSPS) is 10.9. The van der Waals surface area contributed by atoms with Gasteiger partial charge in [0.05, 0.1) is 48.7 Å². The molecule has 1 amide bonds. The van der Waals surface area contributed by atoms with Crippen molar-refractivity contribution in [2.24, 2.45) is 5.10 Å². The molecule has 1 rings (SSSR count). The minimum atomic E-state index is -0.156. The highest BCUT2D eigenvalue weighted by atomic mass is 35.5. The lowest BCUT2D eigenvalue weighted by Gasteiger charge is -2.22. The maximum Gasteiger partial charge on any atom is 0.295 e. The highest BCUT2D eigenvalue weighted by molar-refractivity contribution is 5.84. The minimum Gasteiger partial charge on any atom is -1.00 e. The second-order valence-corrected chi connectivity index (χ2v) is 5.70. The molecule has 0 atom stereocenters. The highest BCUT2D eigenvalue weighted by Gasteiger charge is 2.14. The molecule has 0 fully saturated rings. The van der Waals surface area contributed by atoms with Gasteiger partial charge in [-0.2, -0.15) is 5.10 Å². The van der Waals surface area contributed by atoms with Crippen LogP contribution in [0.15, 0.2) is 17.2 Å². The largest absolute Gasteiger partial charge is 1.00 e.